The van der Waals surface area contributed by atoms with E-state index in [1.165, 1.54) is 0 Å². The first kappa shape index (κ1) is 12.8. The van der Waals surface area contributed by atoms with E-state index < -0.39 is 0 Å². The minimum absolute atomic E-state index is 0.148. The van der Waals surface area contributed by atoms with Crippen molar-refractivity contribution in [3.63, 3.8) is 0 Å². The molecule has 0 unspecified atom stereocenters. The van der Waals surface area contributed by atoms with Crippen molar-refractivity contribution in [3.8, 4) is 0 Å². The van der Waals surface area contributed by atoms with E-state index in [-0.39, 0.29) is 11.8 Å². The molecule has 11 heavy (non-hydrogen) atoms. The Kier molecular flexibility index (Phi) is 10.6. The molecule has 1 aliphatic rings. The molecule has 1 rings (SSSR count). The maximum Gasteiger partial charge on any atom is 0.227 e. The highest BCUT2D eigenvalue weighted by Gasteiger charge is 2.15. The van der Waals surface area contributed by atoms with Gasteiger partial charge in [-0.1, -0.05) is 27.7 Å². The summed E-state index contributed by atoms with van der Waals surface area (Å²) < 4.78 is 0. The van der Waals surface area contributed by atoms with Crippen LogP contribution in [0.5, 0.6) is 0 Å². The molecule has 0 aromatic rings. The molecule has 0 aromatic carbocycles. The Labute approximate surface area is 68.2 Å². The molecular weight excluding hydrogens is 142 g/mol. The van der Waals surface area contributed by atoms with E-state index in [0.29, 0.717) is 12.8 Å². The van der Waals surface area contributed by atoms with E-state index in [1.807, 2.05) is 27.7 Å². The number of amides is 2. The Balaban J connectivity index is 0. The molecule has 1 N–H and O–H groups in total. The van der Waals surface area contributed by atoms with Crippen LogP contribution in [0.25, 0.3) is 0 Å². The first-order chi connectivity index (χ1) is 5.29. The van der Waals surface area contributed by atoms with E-state index in [2.05, 4.69) is 5.32 Å². The SMILES string of the molecule is CC.CC.O=C1CCC(=O)N1. The van der Waals surface area contributed by atoms with E-state index in [0.717, 1.165) is 0 Å². The van der Waals surface area contributed by atoms with Gasteiger partial charge in [0.25, 0.3) is 0 Å². The highest BCUT2D eigenvalue weighted by atomic mass is 16.2. The lowest BCUT2D eigenvalue weighted by atomic mass is 10.4. The lowest BCUT2D eigenvalue weighted by molar-refractivity contribution is -0.124. The van der Waals surface area contributed by atoms with Crippen LogP contribution in [0.1, 0.15) is 40.5 Å². The van der Waals surface area contributed by atoms with Crippen LogP contribution in [0.2, 0.25) is 0 Å². The number of carbonyl (C=O) groups is 2. The van der Waals surface area contributed by atoms with Crippen molar-refractivity contribution in [2.75, 3.05) is 0 Å². The summed E-state index contributed by atoms with van der Waals surface area (Å²) in [6, 6.07) is 0. The van der Waals surface area contributed by atoms with Crippen molar-refractivity contribution in [2.45, 2.75) is 40.5 Å². The normalized spacial score (nSPS) is 13.8. The van der Waals surface area contributed by atoms with Crippen LogP contribution < -0.4 is 5.32 Å². The van der Waals surface area contributed by atoms with Gasteiger partial charge in [0.2, 0.25) is 11.8 Å². The van der Waals surface area contributed by atoms with Crippen LogP contribution in [0.4, 0.5) is 0 Å². The fourth-order valence-electron chi connectivity index (χ4n) is 0.508. The average Bonchev–Trinajstić information content (AvgIpc) is 2.43. The van der Waals surface area contributed by atoms with E-state index in [1.54, 1.807) is 0 Å². The minimum Gasteiger partial charge on any atom is -0.296 e. The molecule has 0 aliphatic carbocycles. The molecule has 66 valence electrons. The van der Waals surface area contributed by atoms with Crippen LogP contribution in [0.15, 0.2) is 0 Å². The van der Waals surface area contributed by atoms with Gasteiger partial charge in [-0.3, -0.25) is 14.9 Å². The summed E-state index contributed by atoms with van der Waals surface area (Å²) in [6.07, 6.45) is 0.748. The summed E-state index contributed by atoms with van der Waals surface area (Å²) in [7, 11) is 0. The van der Waals surface area contributed by atoms with Crippen molar-refractivity contribution in [1.29, 1.82) is 0 Å². The number of carbonyl (C=O) groups excluding carboxylic acids is 2. The molecule has 3 nitrogen and oxygen atoms in total. The molecule has 0 spiro atoms. The van der Waals surface area contributed by atoms with Gasteiger partial charge >= 0.3 is 0 Å². The number of imide groups is 1. The molecule has 1 fully saturated rings. The molecule has 1 aliphatic heterocycles. The molecule has 0 aromatic heterocycles. The Morgan fingerprint density at radius 1 is 0.909 bits per heavy atom. The van der Waals surface area contributed by atoms with Crippen LogP contribution >= 0.6 is 0 Å². The molecule has 0 saturated carbocycles. The monoisotopic (exact) mass is 159 g/mol. The minimum atomic E-state index is -0.148. The lowest BCUT2D eigenvalue weighted by Gasteiger charge is -1.79. The van der Waals surface area contributed by atoms with Gasteiger partial charge in [-0.15, -0.1) is 0 Å². The van der Waals surface area contributed by atoms with Gasteiger partial charge in [-0.25, -0.2) is 0 Å². The summed E-state index contributed by atoms with van der Waals surface area (Å²) in [4.78, 5) is 20.2. The molecule has 0 atom stereocenters. The van der Waals surface area contributed by atoms with Gasteiger partial charge in [0.05, 0.1) is 0 Å². The summed E-state index contributed by atoms with van der Waals surface area (Å²) in [6.45, 7) is 8.00. The zero-order chi connectivity index (χ0) is 9.28. The van der Waals surface area contributed by atoms with Gasteiger partial charge in [-0.2, -0.15) is 0 Å². The maximum atomic E-state index is 10.1. The number of rotatable bonds is 0. The standard InChI is InChI=1S/C4H5NO2.2C2H6/c6-3-1-2-4(7)5-3;2*1-2/h1-2H2,(H,5,6,7);2*1-2H3. The van der Waals surface area contributed by atoms with Gasteiger partial charge in [0.15, 0.2) is 0 Å². The predicted octanol–water partition coefficient (Wildman–Crippen LogP) is 1.48. The van der Waals surface area contributed by atoms with Crippen LogP contribution in [0.3, 0.4) is 0 Å². The Bertz CT molecular complexity index is 107. The largest absolute Gasteiger partial charge is 0.296 e. The van der Waals surface area contributed by atoms with E-state index >= 15 is 0 Å². The summed E-state index contributed by atoms with van der Waals surface area (Å²) in [5, 5.41) is 2.14. The molecule has 1 saturated heterocycles. The quantitative estimate of drug-likeness (QED) is 0.544. The zero-order valence-corrected chi connectivity index (χ0v) is 7.73. The average molecular weight is 159 g/mol. The first-order valence-electron chi connectivity index (χ1n) is 4.12. The zero-order valence-electron chi connectivity index (χ0n) is 7.73. The van der Waals surface area contributed by atoms with E-state index in [4.69, 9.17) is 0 Å². The highest BCUT2D eigenvalue weighted by Crippen LogP contribution is 1.95. The molecule has 0 radical (unpaired) electrons. The highest BCUT2D eigenvalue weighted by molar-refractivity contribution is 6.01. The molecule has 2 amide bonds. The van der Waals surface area contributed by atoms with Gasteiger partial charge in [0, 0.05) is 12.8 Å². The third kappa shape index (κ3) is 7.03. The number of nitrogens with one attached hydrogen (secondary N) is 1. The summed E-state index contributed by atoms with van der Waals surface area (Å²) in [5.74, 6) is -0.296. The Hall–Kier alpha value is -0.860. The van der Waals surface area contributed by atoms with Gasteiger partial charge < -0.3 is 0 Å². The predicted molar refractivity (Wildman–Crippen MR) is 45.1 cm³/mol. The molecule has 3 heteroatoms. The lowest BCUT2D eigenvalue weighted by Crippen LogP contribution is -2.18. The Morgan fingerprint density at radius 3 is 1.27 bits per heavy atom. The second kappa shape index (κ2) is 9.14. The van der Waals surface area contributed by atoms with Crippen molar-refractivity contribution in [2.24, 2.45) is 0 Å². The number of hydrogen-bond donors (Lipinski definition) is 1. The van der Waals surface area contributed by atoms with Gasteiger partial charge in [0.1, 0.15) is 0 Å². The Morgan fingerprint density at radius 2 is 1.18 bits per heavy atom. The number of hydrogen-bond acceptors (Lipinski definition) is 2. The van der Waals surface area contributed by atoms with Crippen molar-refractivity contribution in [1.82, 2.24) is 5.32 Å². The first-order valence-corrected chi connectivity index (χ1v) is 4.12. The molecular formula is C8H17NO2. The van der Waals surface area contributed by atoms with Crippen molar-refractivity contribution >= 4 is 11.8 Å². The smallest absolute Gasteiger partial charge is 0.227 e. The van der Waals surface area contributed by atoms with Crippen LogP contribution in [0, 0.1) is 0 Å². The van der Waals surface area contributed by atoms with Crippen LogP contribution in [-0.2, 0) is 9.59 Å². The topological polar surface area (TPSA) is 46.2 Å². The van der Waals surface area contributed by atoms with Crippen molar-refractivity contribution in [3.05, 3.63) is 0 Å². The molecule has 0 bridgehead atoms. The third-order valence-electron chi connectivity index (χ3n) is 0.858. The fourth-order valence-corrected chi connectivity index (χ4v) is 0.508. The van der Waals surface area contributed by atoms with Gasteiger partial charge in [-0.05, 0) is 0 Å². The molecule has 1 heterocycles. The second-order valence-electron chi connectivity index (χ2n) is 1.47. The summed E-state index contributed by atoms with van der Waals surface area (Å²) in [5.41, 5.74) is 0. The summed E-state index contributed by atoms with van der Waals surface area (Å²) >= 11 is 0. The maximum absolute atomic E-state index is 10.1. The van der Waals surface area contributed by atoms with Crippen molar-refractivity contribution < 1.29 is 9.59 Å². The fraction of sp³-hybridized carbons (Fsp3) is 0.750. The van der Waals surface area contributed by atoms with Crippen LogP contribution in [-0.4, -0.2) is 11.8 Å². The van der Waals surface area contributed by atoms with E-state index in [9.17, 15) is 9.59 Å². The second-order valence-corrected chi connectivity index (χ2v) is 1.47. The third-order valence-corrected chi connectivity index (χ3v) is 0.858.